The molecule has 0 unspecified atom stereocenters. The Hall–Kier alpha value is -3.42. The molecule has 1 aliphatic rings. The van der Waals surface area contributed by atoms with Gasteiger partial charge in [-0.2, -0.15) is 0 Å². The minimum atomic E-state index is -0.605. The predicted octanol–water partition coefficient (Wildman–Crippen LogP) is 2.03. The maximum Gasteiger partial charge on any atom is 0.312 e. The molecule has 0 radical (unpaired) electrons. The Bertz CT molecular complexity index is 893. The molecule has 0 aliphatic carbocycles. The van der Waals surface area contributed by atoms with E-state index in [1.54, 1.807) is 41.3 Å². The minimum Gasteiger partial charge on any atom is -0.352 e. The van der Waals surface area contributed by atoms with Crippen LogP contribution in [0.1, 0.15) is 39.1 Å². The highest BCUT2D eigenvalue weighted by Crippen LogP contribution is 2.16. The van der Waals surface area contributed by atoms with Gasteiger partial charge in [0.15, 0.2) is 0 Å². The summed E-state index contributed by atoms with van der Waals surface area (Å²) in [5, 5.41) is 5.46. The number of rotatable bonds is 5. The normalized spacial score (nSPS) is 14.3. The summed E-state index contributed by atoms with van der Waals surface area (Å²) >= 11 is 0. The Labute approximate surface area is 168 Å². The van der Waals surface area contributed by atoms with Gasteiger partial charge in [-0.3, -0.25) is 9.59 Å². The summed E-state index contributed by atoms with van der Waals surface area (Å²) in [6, 6.07) is 12.2. The molecule has 7 nitrogen and oxygen atoms in total. The number of amides is 4. The van der Waals surface area contributed by atoms with Gasteiger partial charge >= 0.3 is 6.03 Å². The van der Waals surface area contributed by atoms with Crippen molar-refractivity contribution in [2.75, 3.05) is 13.1 Å². The van der Waals surface area contributed by atoms with Crippen molar-refractivity contribution in [3.63, 3.8) is 0 Å². The zero-order valence-corrected chi connectivity index (χ0v) is 15.9. The number of piperidine rings is 1. The van der Waals surface area contributed by atoms with Crippen LogP contribution >= 0.6 is 0 Å². The number of nitrogens with one attached hydrogen (secondary N) is 2. The number of nitrogens with zero attached hydrogens (tertiary/aromatic N) is 1. The van der Waals surface area contributed by atoms with E-state index in [9.17, 15) is 18.8 Å². The fourth-order valence-corrected chi connectivity index (χ4v) is 3.26. The molecule has 0 atom stereocenters. The molecule has 4 amide bonds. The number of carbonyl (C=O) groups excluding carboxylic acids is 3. The van der Waals surface area contributed by atoms with Gasteiger partial charge in [-0.25, -0.2) is 9.18 Å². The molecule has 0 spiro atoms. The summed E-state index contributed by atoms with van der Waals surface area (Å²) in [7, 11) is 0. The Morgan fingerprint density at radius 3 is 2.31 bits per heavy atom. The van der Waals surface area contributed by atoms with Crippen LogP contribution in [0.3, 0.4) is 0 Å². The second-order valence-electron chi connectivity index (χ2n) is 6.93. The van der Waals surface area contributed by atoms with E-state index in [2.05, 4.69) is 10.6 Å². The van der Waals surface area contributed by atoms with Crippen molar-refractivity contribution < 1.29 is 18.8 Å². The minimum absolute atomic E-state index is 0.0524. The molecule has 4 N–H and O–H groups in total. The zero-order chi connectivity index (χ0) is 20.8. The lowest BCUT2D eigenvalue weighted by atomic mass is 10.0. The summed E-state index contributed by atoms with van der Waals surface area (Å²) in [6.07, 6.45) is 1.21. The topological polar surface area (TPSA) is 105 Å². The van der Waals surface area contributed by atoms with E-state index in [1.807, 2.05) is 0 Å². The standard InChI is InChI=1S/C21H23FN4O3/c22-18-4-2-1-3-17(18)20(28)26-11-9-16(10-12-26)25-19(27)15-7-5-14(6-8-15)13-24-21(23)29/h1-8,16H,9-13H2,(H,25,27)(H3,23,24,29). The van der Waals surface area contributed by atoms with Crippen molar-refractivity contribution in [2.24, 2.45) is 5.73 Å². The van der Waals surface area contributed by atoms with Gasteiger partial charge in [0.2, 0.25) is 0 Å². The van der Waals surface area contributed by atoms with Gasteiger partial charge in [0, 0.05) is 31.2 Å². The fourth-order valence-electron chi connectivity index (χ4n) is 3.26. The van der Waals surface area contributed by atoms with Crippen LogP contribution in [0.25, 0.3) is 0 Å². The van der Waals surface area contributed by atoms with E-state index >= 15 is 0 Å². The quantitative estimate of drug-likeness (QED) is 0.718. The van der Waals surface area contributed by atoms with Crippen LogP contribution in [0.4, 0.5) is 9.18 Å². The molecule has 3 rings (SSSR count). The maximum atomic E-state index is 13.8. The summed E-state index contributed by atoms with van der Waals surface area (Å²) in [5.41, 5.74) is 6.45. The third-order valence-electron chi connectivity index (χ3n) is 4.90. The molecule has 0 saturated carbocycles. The summed E-state index contributed by atoms with van der Waals surface area (Å²) in [5.74, 6) is -1.05. The van der Waals surface area contributed by atoms with Crippen molar-refractivity contribution in [3.05, 3.63) is 71.0 Å². The van der Waals surface area contributed by atoms with E-state index in [0.717, 1.165) is 5.56 Å². The van der Waals surface area contributed by atoms with E-state index in [-0.39, 0.29) is 23.4 Å². The highest BCUT2D eigenvalue weighted by molar-refractivity contribution is 5.95. The molecule has 1 saturated heterocycles. The van der Waals surface area contributed by atoms with Crippen LogP contribution in [0.2, 0.25) is 0 Å². The van der Waals surface area contributed by atoms with Crippen LogP contribution in [0, 0.1) is 5.82 Å². The van der Waals surface area contributed by atoms with Crippen LogP contribution in [-0.4, -0.2) is 41.9 Å². The predicted molar refractivity (Wildman–Crippen MR) is 106 cm³/mol. The lowest BCUT2D eigenvalue weighted by Gasteiger charge is -2.32. The Morgan fingerprint density at radius 1 is 1.03 bits per heavy atom. The van der Waals surface area contributed by atoms with Gasteiger partial charge in [0.25, 0.3) is 11.8 Å². The number of carbonyl (C=O) groups is 3. The van der Waals surface area contributed by atoms with Crippen LogP contribution in [0.15, 0.2) is 48.5 Å². The number of urea groups is 1. The van der Waals surface area contributed by atoms with Crippen molar-refractivity contribution in [3.8, 4) is 0 Å². The first-order valence-electron chi connectivity index (χ1n) is 9.41. The monoisotopic (exact) mass is 398 g/mol. The van der Waals surface area contributed by atoms with E-state index in [4.69, 9.17) is 5.73 Å². The average Bonchev–Trinajstić information content (AvgIpc) is 2.73. The second-order valence-corrected chi connectivity index (χ2v) is 6.93. The van der Waals surface area contributed by atoms with Crippen LogP contribution < -0.4 is 16.4 Å². The number of primary amides is 1. The molecular weight excluding hydrogens is 375 g/mol. The van der Waals surface area contributed by atoms with Gasteiger partial charge in [0.05, 0.1) is 5.56 Å². The Balaban J connectivity index is 1.50. The largest absolute Gasteiger partial charge is 0.352 e. The molecule has 29 heavy (non-hydrogen) atoms. The Morgan fingerprint density at radius 2 is 1.69 bits per heavy atom. The molecule has 2 aromatic rings. The number of hydrogen-bond donors (Lipinski definition) is 3. The summed E-state index contributed by atoms with van der Waals surface area (Å²) < 4.78 is 13.8. The van der Waals surface area contributed by atoms with Gasteiger partial charge < -0.3 is 21.3 Å². The number of halogens is 1. The average molecular weight is 398 g/mol. The SMILES string of the molecule is NC(=O)NCc1ccc(C(=O)NC2CCN(C(=O)c3ccccc3F)CC2)cc1. The van der Waals surface area contributed by atoms with Gasteiger partial charge in [-0.15, -0.1) is 0 Å². The number of likely N-dealkylation sites (tertiary alicyclic amines) is 1. The summed E-state index contributed by atoms with van der Waals surface area (Å²) in [4.78, 5) is 37.3. The third-order valence-corrected chi connectivity index (χ3v) is 4.90. The molecule has 1 fully saturated rings. The number of hydrogen-bond acceptors (Lipinski definition) is 3. The first-order chi connectivity index (χ1) is 13.9. The lowest BCUT2D eigenvalue weighted by Crippen LogP contribution is -2.46. The fraction of sp³-hybridized carbons (Fsp3) is 0.286. The van der Waals surface area contributed by atoms with Crippen molar-refractivity contribution >= 4 is 17.8 Å². The Kier molecular flexibility index (Phi) is 6.43. The summed E-state index contributed by atoms with van der Waals surface area (Å²) in [6.45, 7) is 1.21. The van der Waals surface area contributed by atoms with Crippen molar-refractivity contribution in [1.29, 1.82) is 0 Å². The highest BCUT2D eigenvalue weighted by atomic mass is 19.1. The van der Waals surface area contributed by atoms with Gasteiger partial charge in [-0.05, 0) is 42.7 Å². The molecule has 1 aliphatic heterocycles. The first-order valence-corrected chi connectivity index (χ1v) is 9.41. The molecule has 152 valence electrons. The lowest BCUT2D eigenvalue weighted by molar-refractivity contribution is 0.0693. The third kappa shape index (κ3) is 5.31. The van der Waals surface area contributed by atoms with E-state index in [0.29, 0.717) is 38.0 Å². The number of benzene rings is 2. The van der Waals surface area contributed by atoms with Crippen LogP contribution in [-0.2, 0) is 6.54 Å². The molecule has 8 heteroatoms. The van der Waals surface area contributed by atoms with Crippen molar-refractivity contribution in [2.45, 2.75) is 25.4 Å². The maximum absolute atomic E-state index is 13.8. The number of nitrogens with two attached hydrogens (primary N) is 1. The molecular formula is C21H23FN4O3. The smallest absolute Gasteiger partial charge is 0.312 e. The van der Waals surface area contributed by atoms with E-state index < -0.39 is 11.8 Å². The van der Waals surface area contributed by atoms with Gasteiger partial charge in [-0.1, -0.05) is 24.3 Å². The second kappa shape index (κ2) is 9.18. The molecule has 1 heterocycles. The van der Waals surface area contributed by atoms with E-state index in [1.165, 1.54) is 12.1 Å². The first kappa shape index (κ1) is 20.3. The molecule has 2 aromatic carbocycles. The molecule has 0 bridgehead atoms. The zero-order valence-electron chi connectivity index (χ0n) is 15.9. The molecule has 0 aromatic heterocycles. The van der Waals surface area contributed by atoms with Crippen molar-refractivity contribution in [1.82, 2.24) is 15.5 Å². The highest BCUT2D eigenvalue weighted by Gasteiger charge is 2.26. The van der Waals surface area contributed by atoms with Gasteiger partial charge in [0.1, 0.15) is 5.82 Å². The van der Waals surface area contributed by atoms with Crippen LogP contribution in [0.5, 0.6) is 0 Å².